The molecule has 0 saturated heterocycles. The van der Waals surface area contributed by atoms with E-state index in [0.717, 1.165) is 10.0 Å². The number of carboxylic acids is 1. The van der Waals surface area contributed by atoms with Crippen LogP contribution in [0.5, 0.6) is 0 Å². The van der Waals surface area contributed by atoms with Gasteiger partial charge in [0.1, 0.15) is 5.82 Å². The highest BCUT2D eigenvalue weighted by molar-refractivity contribution is 9.10. The topological polar surface area (TPSA) is 70.0 Å². The summed E-state index contributed by atoms with van der Waals surface area (Å²) in [6.07, 6.45) is 1.58. The Morgan fingerprint density at radius 3 is 2.44 bits per heavy atom. The lowest BCUT2D eigenvalue weighted by Gasteiger charge is -2.14. The maximum absolute atomic E-state index is 13.1. The summed E-state index contributed by atoms with van der Waals surface area (Å²) < 4.78 is 14.0. The maximum atomic E-state index is 13.1. The molecule has 1 heterocycles. The van der Waals surface area contributed by atoms with Crippen LogP contribution in [0.25, 0.3) is 6.08 Å². The molecular weight excluding hydrogens is 415 g/mol. The molecule has 1 atom stereocenters. The van der Waals surface area contributed by atoms with Gasteiger partial charge >= 0.3 is 5.97 Å². The second-order valence-electron chi connectivity index (χ2n) is 6.15. The van der Waals surface area contributed by atoms with Crippen molar-refractivity contribution < 1.29 is 19.1 Å². The predicted molar refractivity (Wildman–Crippen MR) is 105 cm³/mol. The summed E-state index contributed by atoms with van der Waals surface area (Å²) in [6, 6.07) is 12.6. The van der Waals surface area contributed by atoms with Crippen LogP contribution >= 0.6 is 15.9 Å². The van der Waals surface area contributed by atoms with Crippen molar-refractivity contribution in [3.63, 3.8) is 0 Å². The van der Waals surface area contributed by atoms with E-state index in [1.165, 1.54) is 29.3 Å². The number of halogens is 2. The number of hydrogen-bond donors (Lipinski definition) is 1. The lowest BCUT2D eigenvalue weighted by atomic mass is 9.94. The van der Waals surface area contributed by atoms with E-state index in [2.05, 4.69) is 21.0 Å². The third kappa shape index (κ3) is 4.31. The number of benzene rings is 2. The van der Waals surface area contributed by atoms with Crippen LogP contribution in [0.4, 0.5) is 10.1 Å². The van der Waals surface area contributed by atoms with Gasteiger partial charge in [-0.3, -0.25) is 4.79 Å². The number of carbonyl (C=O) groups is 2. The van der Waals surface area contributed by atoms with E-state index in [1.54, 1.807) is 25.1 Å². The molecule has 2 aromatic rings. The Balaban J connectivity index is 1.83. The van der Waals surface area contributed by atoms with Gasteiger partial charge in [0, 0.05) is 15.8 Å². The van der Waals surface area contributed by atoms with Crippen molar-refractivity contribution in [3.8, 4) is 0 Å². The molecule has 7 heteroatoms. The zero-order valence-electron chi connectivity index (χ0n) is 14.4. The summed E-state index contributed by atoms with van der Waals surface area (Å²) in [5, 5.41) is 15.0. The van der Waals surface area contributed by atoms with Gasteiger partial charge in [-0.05, 0) is 61.4 Å². The normalized spacial score (nSPS) is 17.2. The zero-order valence-corrected chi connectivity index (χ0v) is 16.0. The maximum Gasteiger partial charge on any atom is 0.331 e. The molecule has 1 aliphatic heterocycles. The summed E-state index contributed by atoms with van der Waals surface area (Å²) in [5.74, 6) is -2.50. The van der Waals surface area contributed by atoms with E-state index in [-0.39, 0.29) is 17.9 Å². The average molecular weight is 431 g/mol. The molecule has 0 aliphatic carbocycles. The van der Waals surface area contributed by atoms with Gasteiger partial charge in [0.2, 0.25) is 0 Å². The van der Waals surface area contributed by atoms with Crippen molar-refractivity contribution in [3.05, 3.63) is 70.0 Å². The number of carboxylic acid groups (broad SMARTS) is 1. The molecule has 0 fully saturated rings. The van der Waals surface area contributed by atoms with E-state index in [1.807, 2.05) is 12.1 Å². The Kier molecular flexibility index (Phi) is 5.51. The van der Waals surface area contributed by atoms with Crippen LogP contribution in [-0.4, -0.2) is 22.7 Å². The Morgan fingerprint density at radius 2 is 1.85 bits per heavy atom. The Hall–Kier alpha value is -2.80. The van der Waals surface area contributed by atoms with Gasteiger partial charge in [-0.2, -0.15) is 5.10 Å². The lowest BCUT2D eigenvalue weighted by molar-refractivity contribution is -0.132. The lowest BCUT2D eigenvalue weighted by Crippen LogP contribution is -2.28. The molecule has 138 valence electrons. The second-order valence-corrected chi connectivity index (χ2v) is 7.07. The molecule has 0 saturated carbocycles. The summed E-state index contributed by atoms with van der Waals surface area (Å²) >= 11 is 3.33. The van der Waals surface area contributed by atoms with E-state index in [4.69, 9.17) is 0 Å². The molecular formula is C20H16BrFN2O3. The molecule has 3 rings (SSSR count). The molecule has 0 radical (unpaired) electrons. The van der Waals surface area contributed by atoms with Crippen LogP contribution in [0.2, 0.25) is 0 Å². The number of hydrogen-bond acceptors (Lipinski definition) is 3. The first-order valence-corrected chi connectivity index (χ1v) is 8.98. The first kappa shape index (κ1) is 19.0. The number of nitrogens with zero attached hydrogens (tertiary/aromatic N) is 2. The van der Waals surface area contributed by atoms with Crippen molar-refractivity contribution in [2.24, 2.45) is 11.0 Å². The van der Waals surface area contributed by atoms with Gasteiger partial charge in [0.15, 0.2) is 0 Å². The number of hydrazone groups is 1. The van der Waals surface area contributed by atoms with Gasteiger partial charge in [-0.25, -0.2) is 14.2 Å². The van der Waals surface area contributed by atoms with E-state index >= 15 is 0 Å². The number of rotatable bonds is 5. The number of carbonyl (C=O) groups excluding carboxylic acids is 1. The fourth-order valence-electron chi connectivity index (χ4n) is 2.79. The van der Waals surface area contributed by atoms with Crippen LogP contribution in [0.1, 0.15) is 18.9 Å². The van der Waals surface area contributed by atoms with E-state index in [0.29, 0.717) is 11.4 Å². The molecule has 1 N–H and O–H groups in total. The van der Waals surface area contributed by atoms with E-state index in [9.17, 15) is 19.1 Å². The van der Waals surface area contributed by atoms with Crippen LogP contribution in [0.15, 0.2) is 63.7 Å². The Bertz CT molecular complexity index is 937. The summed E-state index contributed by atoms with van der Waals surface area (Å²) in [7, 11) is 0. The van der Waals surface area contributed by atoms with Gasteiger partial charge in [-0.1, -0.05) is 28.1 Å². The highest BCUT2D eigenvalue weighted by Crippen LogP contribution is 2.28. The van der Waals surface area contributed by atoms with Crippen LogP contribution < -0.4 is 5.01 Å². The standard InChI is InChI=1S/C20H16BrFN2O3/c1-12-18(19(25)24(23-12)17-8-6-16(22)7-9-17)11-14(20(26)27)10-13-2-4-15(21)5-3-13/h2-10,18H,11H2,1H3,(H,26,27). The molecule has 1 unspecified atom stereocenters. The first-order valence-electron chi connectivity index (χ1n) is 8.19. The van der Waals surface area contributed by atoms with Crippen molar-refractivity contribution in [2.45, 2.75) is 13.3 Å². The highest BCUT2D eigenvalue weighted by atomic mass is 79.9. The fourth-order valence-corrected chi connectivity index (χ4v) is 3.06. The van der Waals surface area contributed by atoms with Gasteiger partial charge in [0.05, 0.1) is 11.6 Å². The first-order chi connectivity index (χ1) is 12.8. The molecule has 0 aromatic heterocycles. The molecule has 5 nitrogen and oxygen atoms in total. The summed E-state index contributed by atoms with van der Waals surface area (Å²) in [4.78, 5) is 24.4. The van der Waals surface area contributed by atoms with Gasteiger partial charge in [-0.15, -0.1) is 0 Å². The average Bonchev–Trinajstić information content (AvgIpc) is 2.91. The molecule has 0 spiro atoms. The van der Waals surface area contributed by atoms with E-state index < -0.39 is 17.7 Å². The zero-order chi connectivity index (χ0) is 19.6. The van der Waals surface area contributed by atoms with Crippen LogP contribution in [-0.2, 0) is 9.59 Å². The minimum Gasteiger partial charge on any atom is -0.478 e. The predicted octanol–water partition coefficient (Wildman–Crippen LogP) is 4.49. The molecule has 1 amide bonds. The monoisotopic (exact) mass is 430 g/mol. The fraction of sp³-hybridized carbons (Fsp3) is 0.150. The van der Waals surface area contributed by atoms with Crippen molar-refractivity contribution in [1.82, 2.24) is 0 Å². The molecule has 27 heavy (non-hydrogen) atoms. The van der Waals surface area contributed by atoms with Crippen molar-refractivity contribution >= 4 is 45.3 Å². The highest BCUT2D eigenvalue weighted by Gasteiger charge is 2.35. The van der Waals surface area contributed by atoms with Crippen LogP contribution in [0.3, 0.4) is 0 Å². The molecule has 2 aromatic carbocycles. The summed E-state index contributed by atoms with van der Waals surface area (Å²) in [6.45, 7) is 1.69. The second kappa shape index (κ2) is 7.84. The number of aliphatic carboxylic acids is 1. The molecule has 1 aliphatic rings. The van der Waals surface area contributed by atoms with Gasteiger partial charge in [0.25, 0.3) is 5.91 Å². The summed E-state index contributed by atoms with van der Waals surface area (Å²) in [5.41, 5.74) is 1.81. The minimum absolute atomic E-state index is 0.0251. The Morgan fingerprint density at radius 1 is 1.22 bits per heavy atom. The number of anilines is 1. The molecule has 0 bridgehead atoms. The van der Waals surface area contributed by atoms with Crippen molar-refractivity contribution in [1.29, 1.82) is 0 Å². The Labute approximate surface area is 163 Å². The van der Waals surface area contributed by atoms with Gasteiger partial charge < -0.3 is 5.11 Å². The van der Waals surface area contributed by atoms with Crippen LogP contribution in [0, 0.1) is 11.7 Å². The minimum atomic E-state index is -1.08. The SMILES string of the molecule is CC1=NN(c2ccc(F)cc2)C(=O)C1CC(=Cc1ccc(Br)cc1)C(=O)O. The number of amides is 1. The third-order valence-electron chi connectivity index (χ3n) is 4.25. The van der Waals surface area contributed by atoms with Crippen molar-refractivity contribution in [2.75, 3.05) is 5.01 Å². The largest absolute Gasteiger partial charge is 0.478 e. The quantitative estimate of drug-likeness (QED) is 0.710. The smallest absolute Gasteiger partial charge is 0.331 e. The third-order valence-corrected chi connectivity index (χ3v) is 4.78.